The van der Waals surface area contributed by atoms with Gasteiger partial charge < -0.3 is 14.6 Å². The third kappa shape index (κ3) is 3.75. The Hall–Kier alpha value is -4.31. The van der Waals surface area contributed by atoms with Crippen LogP contribution in [-0.2, 0) is 0 Å². The first-order chi connectivity index (χ1) is 17.6. The quantitative estimate of drug-likeness (QED) is 0.288. The van der Waals surface area contributed by atoms with Crippen molar-refractivity contribution in [3.63, 3.8) is 0 Å². The molecule has 6 rings (SSSR count). The van der Waals surface area contributed by atoms with Crippen LogP contribution in [0.1, 0.15) is 40.2 Å². The minimum atomic E-state index is -0.498. The van der Waals surface area contributed by atoms with Crippen molar-refractivity contribution in [1.29, 1.82) is 0 Å². The highest BCUT2D eigenvalue weighted by atomic mass is 19.1. The number of fused-ring (bicyclic) bond motifs is 2. The van der Waals surface area contributed by atoms with Gasteiger partial charge in [0.15, 0.2) is 0 Å². The Morgan fingerprint density at radius 2 is 1.42 bits per heavy atom. The number of rotatable bonds is 4. The average Bonchev–Trinajstić information content (AvgIpc) is 2.93. The lowest BCUT2D eigenvalue weighted by molar-refractivity contribution is 0.138. The van der Waals surface area contributed by atoms with Gasteiger partial charge >= 0.3 is 0 Å². The summed E-state index contributed by atoms with van der Waals surface area (Å²) in [4.78, 5) is 0. The maximum Gasteiger partial charge on any atom is 0.135 e. The minimum Gasteiger partial charge on any atom is -0.507 e. The number of phenols is 1. The molecule has 4 heteroatoms. The first-order valence-corrected chi connectivity index (χ1v) is 12.0. The predicted octanol–water partition coefficient (Wildman–Crippen LogP) is 7.74. The average molecular weight is 477 g/mol. The molecule has 5 aromatic carbocycles. The molecule has 0 amide bonds. The van der Waals surface area contributed by atoms with Gasteiger partial charge in [0.05, 0.1) is 7.11 Å². The van der Waals surface area contributed by atoms with Crippen molar-refractivity contribution >= 4 is 10.8 Å². The number of phenolic OH excluding ortho intramolecular Hbond substituents is 1. The van der Waals surface area contributed by atoms with Crippen molar-refractivity contribution in [3.05, 3.63) is 137 Å². The van der Waals surface area contributed by atoms with Crippen molar-refractivity contribution in [3.8, 4) is 17.2 Å². The summed E-state index contributed by atoms with van der Waals surface area (Å²) in [6.45, 7) is 0. The third-order valence-electron chi connectivity index (χ3n) is 7.16. The summed E-state index contributed by atoms with van der Waals surface area (Å²) in [5.74, 6) is 1.15. The first-order valence-electron chi connectivity index (χ1n) is 12.0. The molecule has 0 bridgehead atoms. The maximum atomic E-state index is 14.0. The van der Waals surface area contributed by atoms with Gasteiger partial charge in [-0.2, -0.15) is 0 Å². The Labute approximate surface area is 209 Å². The largest absolute Gasteiger partial charge is 0.507 e. The Bertz CT molecular complexity index is 1530. The zero-order valence-electron chi connectivity index (χ0n) is 19.8. The molecule has 3 atom stereocenters. The monoisotopic (exact) mass is 476 g/mol. The summed E-state index contributed by atoms with van der Waals surface area (Å²) in [6.07, 6.45) is -0.498. The van der Waals surface area contributed by atoms with Gasteiger partial charge in [0.25, 0.3) is 0 Å². The molecule has 1 heterocycles. The van der Waals surface area contributed by atoms with E-state index in [2.05, 4.69) is 18.2 Å². The van der Waals surface area contributed by atoms with Crippen molar-refractivity contribution in [2.45, 2.75) is 17.9 Å². The van der Waals surface area contributed by atoms with Gasteiger partial charge in [0, 0.05) is 28.3 Å². The summed E-state index contributed by atoms with van der Waals surface area (Å²) >= 11 is 0. The molecule has 0 fully saturated rings. The van der Waals surface area contributed by atoms with Crippen LogP contribution in [0.15, 0.2) is 109 Å². The molecular formula is C32H25FO3. The molecule has 0 saturated carbocycles. The molecule has 0 saturated heterocycles. The SMILES string of the molecule is COc1ccc([C@H]2c3ccccc3O[C@@H](c3ccc4ccccc4c3O)[C@@H]2c2ccc(F)cc2)cc1. The fraction of sp³-hybridized carbons (Fsp3) is 0.125. The summed E-state index contributed by atoms with van der Waals surface area (Å²) in [7, 11) is 1.65. The van der Waals surface area contributed by atoms with Crippen LogP contribution in [0.25, 0.3) is 10.8 Å². The second kappa shape index (κ2) is 9.04. The summed E-state index contributed by atoms with van der Waals surface area (Å²) in [6, 6.07) is 34.4. The molecule has 0 aliphatic carbocycles. The number of methoxy groups -OCH3 is 1. The van der Waals surface area contributed by atoms with Crippen LogP contribution in [0.4, 0.5) is 4.39 Å². The lowest BCUT2D eigenvalue weighted by atomic mass is 9.71. The van der Waals surface area contributed by atoms with Gasteiger partial charge in [0.1, 0.15) is 29.2 Å². The molecule has 0 spiro atoms. The molecular weight excluding hydrogens is 451 g/mol. The van der Waals surface area contributed by atoms with Gasteiger partial charge in [-0.05, 0) is 46.8 Å². The lowest BCUT2D eigenvalue weighted by Crippen LogP contribution is -2.29. The Kier molecular flexibility index (Phi) is 5.57. The summed E-state index contributed by atoms with van der Waals surface area (Å²) in [5.41, 5.74) is 3.78. The molecule has 3 nitrogen and oxygen atoms in total. The van der Waals surface area contributed by atoms with E-state index in [0.29, 0.717) is 5.56 Å². The van der Waals surface area contributed by atoms with E-state index in [1.165, 1.54) is 12.1 Å². The second-order valence-corrected chi connectivity index (χ2v) is 9.13. The third-order valence-corrected chi connectivity index (χ3v) is 7.16. The van der Waals surface area contributed by atoms with E-state index in [4.69, 9.17) is 9.47 Å². The number of ether oxygens (including phenoxy) is 2. The van der Waals surface area contributed by atoms with Crippen LogP contribution in [0.5, 0.6) is 17.2 Å². The number of benzene rings is 5. The van der Waals surface area contributed by atoms with Crippen molar-refractivity contribution in [2.75, 3.05) is 7.11 Å². The van der Waals surface area contributed by atoms with Gasteiger partial charge in [0.2, 0.25) is 0 Å². The zero-order chi connectivity index (χ0) is 24.6. The van der Waals surface area contributed by atoms with E-state index in [1.54, 1.807) is 7.11 Å². The molecule has 0 radical (unpaired) electrons. The fourth-order valence-corrected chi connectivity index (χ4v) is 5.43. The van der Waals surface area contributed by atoms with E-state index in [-0.39, 0.29) is 23.4 Å². The number of para-hydroxylation sites is 1. The van der Waals surface area contributed by atoms with Crippen LogP contribution in [-0.4, -0.2) is 12.2 Å². The molecule has 0 aromatic heterocycles. The zero-order valence-corrected chi connectivity index (χ0v) is 19.8. The van der Waals surface area contributed by atoms with Gasteiger partial charge in [-0.25, -0.2) is 4.39 Å². The van der Waals surface area contributed by atoms with Crippen LogP contribution in [0, 0.1) is 5.82 Å². The highest BCUT2D eigenvalue weighted by Crippen LogP contribution is 2.55. The van der Waals surface area contributed by atoms with E-state index in [9.17, 15) is 9.50 Å². The number of hydrogen-bond donors (Lipinski definition) is 1. The summed E-state index contributed by atoms with van der Waals surface area (Å²) < 4.78 is 26.0. The molecule has 1 aliphatic heterocycles. The van der Waals surface area contributed by atoms with E-state index < -0.39 is 6.10 Å². The molecule has 178 valence electrons. The standard InChI is InChI=1S/C32H25FO3/c1-35-24-17-12-21(13-18-24)29-26-8-4-5-9-28(26)36-32(30(29)22-10-15-23(33)16-11-22)27-19-14-20-6-2-3-7-25(20)31(27)34/h2-19,29-30,32,34H,1H3/t29-,30+,32-/m0/s1. The van der Waals surface area contributed by atoms with Crippen molar-refractivity contribution in [1.82, 2.24) is 0 Å². The maximum absolute atomic E-state index is 14.0. The van der Waals surface area contributed by atoms with Gasteiger partial charge in [-0.1, -0.05) is 78.9 Å². The number of aromatic hydroxyl groups is 1. The lowest BCUT2D eigenvalue weighted by Gasteiger charge is -2.41. The van der Waals surface area contributed by atoms with Crippen molar-refractivity contribution < 1.29 is 19.0 Å². The second-order valence-electron chi connectivity index (χ2n) is 9.13. The minimum absolute atomic E-state index is 0.0952. The van der Waals surface area contributed by atoms with Crippen LogP contribution < -0.4 is 9.47 Å². The van der Waals surface area contributed by atoms with Crippen LogP contribution in [0.2, 0.25) is 0 Å². The Balaban J connectivity index is 1.60. The Morgan fingerprint density at radius 1 is 0.722 bits per heavy atom. The summed E-state index contributed by atoms with van der Waals surface area (Å²) in [5, 5.41) is 13.2. The van der Waals surface area contributed by atoms with Gasteiger partial charge in [-0.3, -0.25) is 0 Å². The molecule has 1 aliphatic rings. The molecule has 5 aromatic rings. The first kappa shape index (κ1) is 22.2. The van der Waals surface area contributed by atoms with Crippen LogP contribution >= 0.6 is 0 Å². The highest BCUT2D eigenvalue weighted by molar-refractivity contribution is 5.89. The number of halogens is 1. The highest BCUT2D eigenvalue weighted by Gasteiger charge is 2.42. The fourth-order valence-electron chi connectivity index (χ4n) is 5.43. The van der Waals surface area contributed by atoms with E-state index >= 15 is 0 Å². The predicted molar refractivity (Wildman–Crippen MR) is 139 cm³/mol. The van der Waals surface area contributed by atoms with Gasteiger partial charge in [-0.15, -0.1) is 0 Å². The van der Waals surface area contributed by atoms with E-state index in [0.717, 1.165) is 39.0 Å². The number of hydrogen-bond acceptors (Lipinski definition) is 3. The smallest absolute Gasteiger partial charge is 0.135 e. The van der Waals surface area contributed by atoms with Crippen LogP contribution in [0.3, 0.4) is 0 Å². The molecule has 0 unspecified atom stereocenters. The van der Waals surface area contributed by atoms with Crippen molar-refractivity contribution in [2.24, 2.45) is 0 Å². The van der Waals surface area contributed by atoms with E-state index in [1.807, 2.05) is 78.9 Å². The molecule has 1 N–H and O–H groups in total. The molecule has 36 heavy (non-hydrogen) atoms. The Morgan fingerprint density at radius 3 is 2.19 bits per heavy atom. The topological polar surface area (TPSA) is 38.7 Å². The normalized spacial score (nSPS) is 18.9.